The Morgan fingerprint density at radius 2 is 2.06 bits per heavy atom. The molecule has 2 aliphatic rings. The fraction of sp³-hybridized carbons (Fsp3) is 0.615. The molecule has 2 heterocycles. The maximum atomic E-state index is 12.1. The predicted octanol–water partition coefficient (Wildman–Crippen LogP) is 2.43. The molecular formula is C13H18N2O. The van der Waals surface area contributed by atoms with Gasteiger partial charge in [0, 0.05) is 29.3 Å². The molecule has 3 nitrogen and oxygen atoms in total. The first-order valence-corrected chi connectivity index (χ1v) is 6.00. The number of nitrogens with one attached hydrogen (secondary N) is 1. The summed E-state index contributed by atoms with van der Waals surface area (Å²) in [7, 11) is 0. The zero-order valence-electron chi connectivity index (χ0n) is 10.1. The molecule has 1 N–H and O–H groups in total. The summed E-state index contributed by atoms with van der Waals surface area (Å²) in [6.07, 6.45) is 2.37. The van der Waals surface area contributed by atoms with E-state index in [9.17, 15) is 4.79 Å². The van der Waals surface area contributed by atoms with Gasteiger partial charge in [-0.05, 0) is 18.9 Å². The Morgan fingerprint density at radius 1 is 1.38 bits per heavy atom. The quantitative estimate of drug-likeness (QED) is 0.772. The van der Waals surface area contributed by atoms with Gasteiger partial charge >= 0.3 is 0 Å². The van der Waals surface area contributed by atoms with Crippen LogP contribution in [0.4, 0.5) is 0 Å². The summed E-state index contributed by atoms with van der Waals surface area (Å²) in [6, 6.07) is 2.68. The van der Waals surface area contributed by atoms with Crippen molar-refractivity contribution in [1.82, 2.24) is 9.88 Å². The van der Waals surface area contributed by atoms with Crippen molar-refractivity contribution in [2.45, 2.75) is 51.6 Å². The number of rotatable bonds is 1. The summed E-state index contributed by atoms with van der Waals surface area (Å²) in [5, 5.41) is 0. The molecule has 3 heteroatoms. The highest BCUT2D eigenvalue weighted by atomic mass is 16.2. The van der Waals surface area contributed by atoms with Crippen molar-refractivity contribution < 1.29 is 4.79 Å². The fourth-order valence-corrected chi connectivity index (χ4v) is 2.30. The van der Waals surface area contributed by atoms with Crippen LogP contribution in [-0.2, 0) is 12.0 Å². The van der Waals surface area contributed by atoms with Crippen LogP contribution in [0.25, 0.3) is 0 Å². The van der Waals surface area contributed by atoms with E-state index in [-0.39, 0.29) is 11.3 Å². The number of hydrogen-bond donors (Lipinski definition) is 1. The summed E-state index contributed by atoms with van der Waals surface area (Å²) in [5.74, 6) is 0.202. The van der Waals surface area contributed by atoms with E-state index in [1.54, 1.807) is 0 Å². The number of fused-ring (bicyclic) bond motifs is 1. The highest BCUT2D eigenvalue weighted by Crippen LogP contribution is 2.36. The molecule has 0 aromatic carbocycles. The summed E-state index contributed by atoms with van der Waals surface area (Å²) in [6.45, 7) is 7.30. The maximum Gasteiger partial charge on any atom is 0.271 e. The molecule has 1 aromatic heterocycles. The summed E-state index contributed by atoms with van der Waals surface area (Å²) in [4.78, 5) is 17.4. The lowest BCUT2D eigenvalue weighted by Gasteiger charge is -2.18. The van der Waals surface area contributed by atoms with Gasteiger partial charge in [0.05, 0.1) is 0 Å². The zero-order chi connectivity index (χ0) is 11.5. The lowest BCUT2D eigenvalue weighted by atomic mass is 9.92. The average Bonchev–Trinajstić information content (AvgIpc) is 2.83. The van der Waals surface area contributed by atoms with E-state index in [0.717, 1.165) is 12.2 Å². The molecule has 1 aromatic rings. The minimum atomic E-state index is 0.0923. The highest BCUT2D eigenvalue weighted by Gasteiger charge is 2.39. The van der Waals surface area contributed by atoms with Gasteiger partial charge in [-0.25, -0.2) is 0 Å². The Hall–Kier alpha value is -1.25. The molecule has 1 amide bonds. The number of amides is 1. The molecular weight excluding hydrogens is 200 g/mol. The molecule has 0 saturated heterocycles. The third kappa shape index (κ3) is 1.38. The molecule has 0 atom stereocenters. The van der Waals surface area contributed by atoms with Gasteiger partial charge in [0.2, 0.25) is 0 Å². The average molecular weight is 218 g/mol. The first-order valence-electron chi connectivity index (χ1n) is 6.00. The van der Waals surface area contributed by atoms with Gasteiger partial charge in [0.25, 0.3) is 5.91 Å². The zero-order valence-corrected chi connectivity index (χ0v) is 10.1. The van der Waals surface area contributed by atoms with Crippen molar-refractivity contribution in [3.63, 3.8) is 0 Å². The molecule has 0 unspecified atom stereocenters. The second-order valence-electron chi connectivity index (χ2n) is 6.00. The Kier molecular flexibility index (Phi) is 1.80. The second-order valence-corrected chi connectivity index (χ2v) is 6.00. The number of carbonyl (C=O) groups is 1. The fourth-order valence-electron chi connectivity index (χ4n) is 2.30. The van der Waals surface area contributed by atoms with Crippen LogP contribution in [-0.4, -0.2) is 21.8 Å². The Bertz CT molecular complexity index is 449. The van der Waals surface area contributed by atoms with E-state index in [0.29, 0.717) is 6.04 Å². The van der Waals surface area contributed by atoms with Crippen LogP contribution < -0.4 is 0 Å². The molecule has 0 bridgehead atoms. The number of aromatic nitrogens is 1. The van der Waals surface area contributed by atoms with E-state index in [4.69, 9.17) is 0 Å². The van der Waals surface area contributed by atoms with Crippen LogP contribution in [0.5, 0.6) is 0 Å². The monoisotopic (exact) mass is 218 g/mol. The molecule has 16 heavy (non-hydrogen) atoms. The topological polar surface area (TPSA) is 36.1 Å². The molecule has 1 aliphatic heterocycles. The molecule has 0 radical (unpaired) electrons. The van der Waals surface area contributed by atoms with E-state index in [1.165, 1.54) is 24.1 Å². The van der Waals surface area contributed by atoms with E-state index < -0.39 is 0 Å². The Morgan fingerprint density at radius 3 is 2.56 bits per heavy atom. The van der Waals surface area contributed by atoms with Gasteiger partial charge in [0.15, 0.2) is 0 Å². The molecule has 0 spiro atoms. The van der Waals surface area contributed by atoms with Gasteiger partial charge in [-0.2, -0.15) is 0 Å². The van der Waals surface area contributed by atoms with Crippen molar-refractivity contribution in [3.8, 4) is 0 Å². The number of hydrogen-bond acceptors (Lipinski definition) is 1. The van der Waals surface area contributed by atoms with Crippen LogP contribution in [0.2, 0.25) is 0 Å². The standard InChI is InChI=1S/C13H18N2O/c1-13(2,3)10-6-8-7-15(9-4-5-9)12(16)11(8)14-10/h6,9,14H,4-5,7H2,1-3H3. The Labute approximate surface area is 95.8 Å². The Balaban J connectivity index is 1.93. The first kappa shape index (κ1) is 9.94. The maximum absolute atomic E-state index is 12.1. The third-order valence-corrected chi connectivity index (χ3v) is 3.51. The normalized spacial score (nSPS) is 20.4. The molecule has 86 valence electrons. The van der Waals surface area contributed by atoms with Crippen LogP contribution >= 0.6 is 0 Å². The smallest absolute Gasteiger partial charge is 0.271 e. The van der Waals surface area contributed by atoms with Crippen molar-refractivity contribution in [2.75, 3.05) is 0 Å². The minimum Gasteiger partial charge on any atom is -0.354 e. The number of H-pyrrole nitrogens is 1. The summed E-state index contributed by atoms with van der Waals surface area (Å²) < 4.78 is 0. The molecule has 3 rings (SSSR count). The number of aromatic amines is 1. The molecule has 1 fully saturated rings. The first-order chi connectivity index (χ1) is 7.47. The van der Waals surface area contributed by atoms with Gasteiger partial charge in [-0.1, -0.05) is 20.8 Å². The van der Waals surface area contributed by atoms with Crippen LogP contribution in [0, 0.1) is 0 Å². The van der Waals surface area contributed by atoms with E-state index in [2.05, 4.69) is 31.8 Å². The van der Waals surface area contributed by atoms with Crippen molar-refractivity contribution in [3.05, 3.63) is 23.0 Å². The van der Waals surface area contributed by atoms with Gasteiger partial charge in [-0.3, -0.25) is 4.79 Å². The predicted molar refractivity (Wildman–Crippen MR) is 62.4 cm³/mol. The van der Waals surface area contributed by atoms with Crippen molar-refractivity contribution >= 4 is 5.91 Å². The lowest BCUT2D eigenvalue weighted by Crippen LogP contribution is -2.27. The largest absolute Gasteiger partial charge is 0.354 e. The SMILES string of the molecule is CC(C)(C)c1cc2c([nH]1)C(=O)N(C1CC1)C2. The molecule has 1 aliphatic carbocycles. The lowest BCUT2D eigenvalue weighted by molar-refractivity contribution is 0.0761. The second kappa shape index (κ2) is 2.90. The van der Waals surface area contributed by atoms with Crippen LogP contribution in [0.1, 0.15) is 55.4 Å². The van der Waals surface area contributed by atoms with Gasteiger partial charge in [-0.15, -0.1) is 0 Å². The van der Waals surface area contributed by atoms with Crippen molar-refractivity contribution in [2.24, 2.45) is 0 Å². The number of nitrogens with zero attached hydrogens (tertiary/aromatic N) is 1. The minimum absolute atomic E-state index is 0.0923. The summed E-state index contributed by atoms with van der Waals surface area (Å²) in [5.41, 5.74) is 3.27. The third-order valence-electron chi connectivity index (χ3n) is 3.51. The van der Waals surface area contributed by atoms with Crippen LogP contribution in [0.3, 0.4) is 0 Å². The summed E-state index contributed by atoms with van der Waals surface area (Å²) >= 11 is 0. The highest BCUT2D eigenvalue weighted by molar-refractivity contribution is 5.97. The van der Waals surface area contributed by atoms with E-state index in [1.807, 2.05) is 4.90 Å². The van der Waals surface area contributed by atoms with Crippen molar-refractivity contribution in [1.29, 1.82) is 0 Å². The van der Waals surface area contributed by atoms with Crippen LogP contribution in [0.15, 0.2) is 6.07 Å². The van der Waals surface area contributed by atoms with E-state index >= 15 is 0 Å². The molecule has 1 saturated carbocycles. The van der Waals surface area contributed by atoms with Gasteiger partial charge in [0.1, 0.15) is 5.69 Å². The van der Waals surface area contributed by atoms with Gasteiger partial charge < -0.3 is 9.88 Å². The number of carbonyl (C=O) groups excluding carboxylic acids is 1.